The standard InChI is InChI=1S/C19H24N2O/c1-16-7-6-10-18(13-16)14-20-12-11-19(22)21(2)15-17-8-4-3-5-9-17/h3-10,13,20H,11-12,14-15H2,1-2H3. The van der Waals surface area contributed by atoms with E-state index in [2.05, 4.69) is 36.5 Å². The van der Waals surface area contributed by atoms with Crippen LogP contribution in [0.3, 0.4) is 0 Å². The first kappa shape index (κ1) is 16.2. The van der Waals surface area contributed by atoms with Crippen molar-refractivity contribution in [1.82, 2.24) is 10.2 Å². The van der Waals surface area contributed by atoms with Gasteiger partial charge in [0.15, 0.2) is 0 Å². The van der Waals surface area contributed by atoms with E-state index in [9.17, 15) is 4.79 Å². The molecule has 3 heteroatoms. The predicted molar refractivity (Wildman–Crippen MR) is 90.4 cm³/mol. The second-order valence-electron chi connectivity index (χ2n) is 5.65. The molecule has 0 atom stereocenters. The van der Waals surface area contributed by atoms with Gasteiger partial charge in [-0.15, -0.1) is 0 Å². The number of hydrogen-bond acceptors (Lipinski definition) is 2. The number of hydrogen-bond donors (Lipinski definition) is 1. The van der Waals surface area contributed by atoms with Crippen molar-refractivity contribution < 1.29 is 4.79 Å². The van der Waals surface area contributed by atoms with Crippen molar-refractivity contribution in [1.29, 1.82) is 0 Å². The van der Waals surface area contributed by atoms with Crippen LogP contribution < -0.4 is 5.32 Å². The highest BCUT2D eigenvalue weighted by Gasteiger charge is 2.08. The normalized spacial score (nSPS) is 10.5. The molecule has 0 aliphatic rings. The lowest BCUT2D eigenvalue weighted by Crippen LogP contribution is -2.29. The van der Waals surface area contributed by atoms with Gasteiger partial charge >= 0.3 is 0 Å². The third kappa shape index (κ3) is 5.34. The SMILES string of the molecule is Cc1cccc(CNCCC(=O)N(C)Cc2ccccc2)c1. The summed E-state index contributed by atoms with van der Waals surface area (Å²) in [6.45, 7) is 4.26. The summed E-state index contributed by atoms with van der Waals surface area (Å²) in [5, 5.41) is 3.33. The number of nitrogens with zero attached hydrogens (tertiary/aromatic N) is 1. The molecule has 0 heterocycles. The zero-order chi connectivity index (χ0) is 15.8. The third-order valence-corrected chi connectivity index (χ3v) is 3.62. The van der Waals surface area contributed by atoms with E-state index in [4.69, 9.17) is 0 Å². The van der Waals surface area contributed by atoms with Gasteiger partial charge in [0.2, 0.25) is 5.91 Å². The van der Waals surface area contributed by atoms with Gasteiger partial charge in [0.05, 0.1) is 0 Å². The third-order valence-electron chi connectivity index (χ3n) is 3.62. The van der Waals surface area contributed by atoms with Gasteiger partial charge in [0, 0.05) is 33.1 Å². The first-order chi connectivity index (χ1) is 10.6. The number of rotatable bonds is 7. The Hall–Kier alpha value is -2.13. The van der Waals surface area contributed by atoms with Crippen LogP contribution in [0.1, 0.15) is 23.1 Å². The first-order valence-corrected chi connectivity index (χ1v) is 7.69. The monoisotopic (exact) mass is 296 g/mol. The molecule has 0 unspecified atom stereocenters. The minimum absolute atomic E-state index is 0.167. The quantitative estimate of drug-likeness (QED) is 0.796. The van der Waals surface area contributed by atoms with Crippen LogP contribution in [0.4, 0.5) is 0 Å². The molecule has 22 heavy (non-hydrogen) atoms. The lowest BCUT2D eigenvalue weighted by Gasteiger charge is -2.17. The van der Waals surface area contributed by atoms with Crippen molar-refractivity contribution in [2.75, 3.05) is 13.6 Å². The second-order valence-corrected chi connectivity index (χ2v) is 5.65. The zero-order valence-corrected chi connectivity index (χ0v) is 13.4. The summed E-state index contributed by atoms with van der Waals surface area (Å²) in [7, 11) is 1.86. The van der Waals surface area contributed by atoms with E-state index in [-0.39, 0.29) is 5.91 Å². The van der Waals surface area contributed by atoms with Gasteiger partial charge in [-0.25, -0.2) is 0 Å². The van der Waals surface area contributed by atoms with E-state index < -0.39 is 0 Å². The highest BCUT2D eigenvalue weighted by Crippen LogP contribution is 2.05. The summed E-state index contributed by atoms with van der Waals surface area (Å²) in [5.41, 5.74) is 3.68. The summed E-state index contributed by atoms with van der Waals surface area (Å²) in [5.74, 6) is 0.167. The van der Waals surface area contributed by atoms with E-state index in [1.165, 1.54) is 11.1 Å². The summed E-state index contributed by atoms with van der Waals surface area (Å²) in [4.78, 5) is 13.9. The maximum atomic E-state index is 12.1. The van der Waals surface area contributed by atoms with Crippen LogP contribution >= 0.6 is 0 Å². The first-order valence-electron chi connectivity index (χ1n) is 7.69. The molecule has 0 spiro atoms. The molecular formula is C19H24N2O. The molecule has 0 fully saturated rings. The van der Waals surface area contributed by atoms with E-state index >= 15 is 0 Å². The predicted octanol–water partition coefficient (Wildman–Crippen LogP) is 3.13. The summed E-state index contributed by atoms with van der Waals surface area (Å²) in [6, 6.07) is 18.5. The number of nitrogens with one attached hydrogen (secondary N) is 1. The Morgan fingerprint density at radius 2 is 1.77 bits per heavy atom. The number of carbonyl (C=O) groups excluding carboxylic acids is 1. The molecule has 1 N–H and O–H groups in total. The van der Waals surface area contributed by atoms with Crippen LogP contribution in [-0.2, 0) is 17.9 Å². The van der Waals surface area contributed by atoms with Crippen molar-refractivity contribution in [2.24, 2.45) is 0 Å². The fourth-order valence-corrected chi connectivity index (χ4v) is 2.39. The summed E-state index contributed by atoms with van der Waals surface area (Å²) in [6.07, 6.45) is 0.523. The van der Waals surface area contributed by atoms with Crippen molar-refractivity contribution >= 4 is 5.91 Å². The lowest BCUT2D eigenvalue weighted by molar-refractivity contribution is -0.130. The van der Waals surface area contributed by atoms with Crippen molar-refractivity contribution in [3.05, 3.63) is 71.3 Å². The fraction of sp³-hybridized carbons (Fsp3) is 0.316. The van der Waals surface area contributed by atoms with E-state index in [0.717, 1.165) is 12.1 Å². The number of benzene rings is 2. The number of aryl methyl sites for hydroxylation is 1. The number of amides is 1. The van der Waals surface area contributed by atoms with Gasteiger partial charge in [0.1, 0.15) is 0 Å². The Morgan fingerprint density at radius 1 is 1.05 bits per heavy atom. The topological polar surface area (TPSA) is 32.3 Å². The van der Waals surface area contributed by atoms with Gasteiger partial charge in [0.25, 0.3) is 0 Å². The van der Waals surface area contributed by atoms with Crippen molar-refractivity contribution in [3.63, 3.8) is 0 Å². The van der Waals surface area contributed by atoms with E-state index in [1.807, 2.05) is 37.4 Å². The molecule has 0 aliphatic heterocycles. The Balaban J connectivity index is 1.69. The Morgan fingerprint density at radius 3 is 2.50 bits per heavy atom. The molecule has 116 valence electrons. The number of carbonyl (C=O) groups is 1. The smallest absolute Gasteiger partial charge is 0.223 e. The van der Waals surface area contributed by atoms with Gasteiger partial charge in [-0.1, -0.05) is 60.2 Å². The van der Waals surface area contributed by atoms with E-state index in [0.29, 0.717) is 19.5 Å². The van der Waals surface area contributed by atoms with Crippen LogP contribution in [0.2, 0.25) is 0 Å². The molecule has 0 bridgehead atoms. The van der Waals surface area contributed by atoms with Gasteiger partial charge in [-0.3, -0.25) is 4.79 Å². The minimum Gasteiger partial charge on any atom is -0.341 e. The van der Waals surface area contributed by atoms with Crippen LogP contribution in [0.5, 0.6) is 0 Å². The molecule has 0 radical (unpaired) electrons. The lowest BCUT2D eigenvalue weighted by atomic mass is 10.1. The maximum Gasteiger partial charge on any atom is 0.223 e. The van der Waals surface area contributed by atoms with Crippen LogP contribution in [0.25, 0.3) is 0 Å². The van der Waals surface area contributed by atoms with Crippen LogP contribution in [0.15, 0.2) is 54.6 Å². The van der Waals surface area contributed by atoms with Crippen molar-refractivity contribution in [2.45, 2.75) is 26.4 Å². The zero-order valence-electron chi connectivity index (χ0n) is 13.4. The summed E-state index contributed by atoms with van der Waals surface area (Å²) >= 11 is 0. The Bertz CT molecular complexity index is 595. The van der Waals surface area contributed by atoms with Gasteiger partial charge < -0.3 is 10.2 Å². The fourth-order valence-electron chi connectivity index (χ4n) is 2.39. The molecule has 0 saturated heterocycles. The summed E-state index contributed by atoms with van der Waals surface area (Å²) < 4.78 is 0. The molecule has 1 amide bonds. The largest absolute Gasteiger partial charge is 0.341 e. The maximum absolute atomic E-state index is 12.1. The van der Waals surface area contributed by atoms with E-state index in [1.54, 1.807) is 4.90 Å². The highest BCUT2D eigenvalue weighted by molar-refractivity contribution is 5.76. The Kier molecular flexibility index (Phi) is 6.16. The average Bonchev–Trinajstić information content (AvgIpc) is 2.52. The minimum atomic E-state index is 0.167. The average molecular weight is 296 g/mol. The Labute approximate surface area is 133 Å². The molecule has 0 aromatic heterocycles. The molecule has 2 rings (SSSR count). The van der Waals surface area contributed by atoms with Crippen molar-refractivity contribution in [3.8, 4) is 0 Å². The highest BCUT2D eigenvalue weighted by atomic mass is 16.2. The van der Waals surface area contributed by atoms with Crippen LogP contribution in [0, 0.1) is 6.92 Å². The van der Waals surface area contributed by atoms with Gasteiger partial charge in [-0.2, -0.15) is 0 Å². The molecule has 0 saturated carbocycles. The second kappa shape index (κ2) is 8.35. The molecule has 2 aromatic carbocycles. The molecule has 0 aliphatic carbocycles. The van der Waals surface area contributed by atoms with Gasteiger partial charge in [-0.05, 0) is 18.1 Å². The molecule has 3 nitrogen and oxygen atoms in total. The molecule has 2 aromatic rings. The molecular weight excluding hydrogens is 272 g/mol. The van der Waals surface area contributed by atoms with Crippen LogP contribution in [-0.4, -0.2) is 24.4 Å².